The molecule has 0 saturated heterocycles. The van der Waals surface area contributed by atoms with Gasteiger partial charge in [-0.15, -0.1) is 0 Å². The van der Waals surface area contributed by atoms with Crippen molar-refractivity contribution < 1.29 is 78.9 Å². The molecule has 0 aromatic carbocycles. The summed E-state index contributed by atoms with van der Waals surface area (Å²) in [4.78, 5) is 0. The first-order valence-electron chi connectivity index (χ1n) is 0. The second-order valence-corrected chi connectivity index (χ2v) is 0. The zero-order valence-corrected chi connectivity index (χ0v) is 9.05. The van der Waals surface area contributed by atoms with E-state index in [2.05, 4.69) is 0 Å². The summed E-state index contributed by atoms with van der Waals surface area (Å²) in [6, 6.07) is 0. The number of hydrogen-bond donors (Lipinski definition) is 0. The molecule has 0 saturated carbocycles. The van der Waals surface area contributed by atoms with Gasteiger partial charge >= 0.3 is 0 Å². The van der Waals surface area contributed by atoms with Crippen LogP contribution in [0.4, 0.5) is 0 Å². The predicted molar refractivity (Wildman–Crippen MR) is 20.8 cm³/mol. The van der Waals surface area contributed by atoms with Crippen LogP contribution in [0.25, 0.3) is 0 Å². The molecule has 0 heterocycles. The second-order valence-electron chi connectivity index (χ2n) is 0. The third-order valence-electron chi connectivity index (χ3n) is 0. The molecule has 4 radical (unpaired) electrons. The minimum Gasteiger partial charge on any atom is -0.197 e. The maximum atomic E-state index is 0. The maximum absolute atomic E-state index is 0. The van der Waals surface area contributed by atoms with Gasteiger partial charge < -0.3 is 0 Å². The molecular weight excluding hydrogens is 407 g/mol. The minimum atomic E-state index is 0. The molecule has 6 heteroatoms. The van der Waals surface area contributed by atoms with Gasteiger partial charge in [0.15, 0.2) is 0 Å². The van der Waals surface area contributed by atoms with E-state index in [1.54, 1.807) is 0 Å². The number of rotatable bonds is 0. The zero-order chi connectivity index (χ0) is 0. The molecule has 0 atom stereocenters. The van der Waals surface area contributed by atoms with Crippen molar-refractivity contribution in [2.24, 2.45) is 0 Å². The van der Waals surface area contributed by atoms with Crippen LogP contribution in [0.2, 0.25) is 0 Å². The van der Waals surface area contributed by atoms with Crippen molar-refractivity contribution in [2.45, 2.75) is 0 Å². The fourth-order valence-corrected chi connectivity index (χ4v) is 0. The van der Waals surface area contributed by atoms with Gasteiger partial charge in [-0.05, 0) is 0 Å². The molecule has 0 aromatic heterocycles. The van der Waals surface area contributed by atoms with Gasteiger partial charge in [-0.3, -0.25) is 0 Å². The third-order valence-corrected chi connectivity index (χ3v) is 0. The Morgan fingerprint density at radius 1 is 0.500 bits per heavy atom. The van der Waals surface area contributed by atoms with E-state index in [0.717, 1.165) is 0 Å². The summed E-state index contributed by atoms with van der Waals surface area (Å²) >= 11 is 0. The van der Waals surface area contributed by atoms with Gasteiger partial charge in [0, 0.05) is 78.9 Å². The molecule has 0 amide bonds. The van der Waals surface area contributed by atoms with E-state index in [9.17, 15) is 0 Å². The molecule has 0 aliphatic heterocycles. The molecule has 0 nitrogen and oxygen atoms in total. The Balaban J connectivity index is 0. The average molecular weight is 411 g/mol. The average Bonchev–Trinajstić information content (AvgIpc) is 0. The van der Waals surface area contributed by atoms with Crippen LogP contribution in [-0.2, 0) is 78.9 Å². The van der Waals surface area contributed by atoms with Gasteiger partial charge in [0.25, 0.3) is 0 Å². The van der Waals surface area contributed by atoms with E-state index in [1.165, 1.54) is 0 Å². The molecule has 0 spiro atoms. The van der Waals surface area contributed by atoms with E-state index in [4.69, 9.17) is 0 Å². The summed E-state index contributed by atoms with van der Waals surface area (Å²) in [5, 5.41) is 0. The molecule has 0 aliphatic rings. The van der Waals surface area contributed by atoms with E-state index in [0.29, 0.717) is 0 Å². The van der Waals surface area contributed by atoms with Crippen LogP contribution in [0.1, 0.15) is 0 Å². The van der Waals surface area contributed by atoms with Crippen molar-refractivity contribution in [3.05, 3.63) is 0 Å². The van der Waals surface area contributed by atoms with Gasteiger partial charge in [-0.2, -0.15) is 27.0 Å². The van der Waals surface area contributed by atoms with Crippen molar-refractivity contribution in [1.82, 2.24) is 0 Å². The van der Waals surface area contributed by atoms with E-state index in [-0.39, 0.29) is 106 Å². The first-order chi connectivity index (χ1) is 0. The SMILES string of the molecule is S.S.[Ag].[Ag].[Cu].[Cu]. The summed E-state index contributed by atoms with van der Waals surface area (Å²) in [7, 11) is 0. The van der Waals surface area contributed by atoms with E-state index < -0.39 is 0 Å². The molecule has 0 fully saturated rings. The Kier molecular flexibility index (Phi) is 414. The molecule has 0 unspecified atom stereocenters. The molecule has 0 rings (SSSR count). The molecular formula is H4Ag2Cu2S2. The van der Waals surface area contributed by atoms with Gasteiger partial charge in [0.05, 0.1) is 0 Å². The fourth-order valence-electron chi connectivity index (χ4n) is 0. The van der Waals surface area contributed by atoms with E-state index >= 15 is 0 Å². The molecule has 0 bridgehead atoms. The van der Waals surface area contributed by atoms with Crippen molar-refractivity contribution >= 4 is 27.0 Å². The van der Waals surface area contributed by atoms with Crippen LogP contribution in [0, 0.1) is 0 Å². The summed E-state index contributed by atoms with van der Waals surface area (Å²) in [5.41, 5.74) is 0. The first kappa shape index (κ1) is 60.1. The van der Waals surface area contributed by atoms with Crippen molar-refractivity contribution in [1.29, 1.82) is 0 Å². The van der Waals surface area contributed by atoms with Crippen LogP contribution in [-0.4, -0.2) is 0 Å². The van der Waals surface area contributed by atoms with E-state index in [1.807, 2.05) is 0 Å². The molecule has 6 heavy (non-hydrogen) atoms. The minimum absolute atomic E-state index is 0. The maximum Gasteiger partial charge on any atom is 0 e. The first-order valence-corrected chi connectivity index (χ1v) is 0. The van der Waals surface area contributed by atoms with Crippen LogP contribution in [0.3, 0.4) is 0 Å². The summed E-state index contributed by atoms with van der Waals surface area (Å²) in [5.74, 6) is 0. The van der Waals surface area contributed by atoms with Crippen molar-refractivity contribution in [3.63, 3.8) is 0 Å². The van der Waals surface area contributed by atoms with Crippen LogP contribution < -0.4 is 0 Å². The Morgan fingerprint density at radius 2 is 0.500 bits per heavy atom. The third kappa shape index (κ3) is 26.9. The largest absolute Gasteiger partial charge is 0.197 e. The predicted octanol–water partition coefficient (Wildman–Crippen LogP) is 0.216. The van der Waals surface area contributed by atoms with Gasteiger partial charge in [0.1, 0.15) is 0 Å². The monoisotopic (exact) mass is 408 g/mol. The summed E-state index contributed by atoms with van der Waals surface area (Å²) in [6.45, 7) is 0. The fraction of sp³-hybridized carbons (Fsp3) is 0. The molecule has 0 N–H and O–H groups in total. The molecule has 0 aliphatic carbocycles. The van der Waals surface area contributed by atoms with Gasteiger partial charge in [0.2, 0.25) is 0 Å². The molecule has 0 aromatic rings. The van der Waals surface area contributed by atoms with Crippen LogP contribution in [0.5, 0.6) is 0 Å². The Morgan fingerprint density at radius 3 is 0.500 bits per heavy atom. The van der Waals surface area contributed by atoms with Crippen molar-refractivity contribution in [3.8, 4) is 0 Å². The van der Waals surface area contributed by atoms with Gasteiger partial charge in [-0.1, -0.05) is 0 Å². The summed E-state index contributed by atoms with van der Waals surface area (Å²) in [6.07, 6.45) is 0. The zero-order valence-electron chi connectivity index (χ0n) is 2.21. The van der Waals surface area contributed by atoms with Crippen LogP contribution >= 0.6 is 27.0 Å². The topological polar surface area (TPSA) is 0 Å². The Labute approximate surface area is 104 Å². The van der Waals surface area contributed by atoms with Gasteiger partial charge in [-0.25, -0.2) is 0 Å². The normalized spacial score (nSPS) is 0. The number of hydrogen-bond acceptors (Lipinski definition) is 0. The van der Waals surface area contributed by atoms with Crippen LogP contribution in [0.15, 0.2) is 0 Å². The summed E-state index contributed by atoms with van der Waals surface area (Å²) < 4.78 is 0. The Bertz CT molecular complexity index is 9.51. The standard InChI is InChI=1S/2Ag.2Cu.2H2S/h;;;;2*1H2. The molecule has 60 valence electrons. The quantitative estimate of drug-likeness (QED) is 0.501. The smallest absolute Gasteiger partial charge is 0 e. The Hall–Kier alpha value is 3.22. The second kappa shape index (κ2) is 41.3. The van der Waals surface area contributed by atoms with Crippen molar-refractivity contribution in [2.75, 3.05) is 0 Å².